The lowest BCUT2D eigenvalue weighted by molar-refractivity contribution is -0.138. The van der Waals surface area contributed by atoms with Gasteiger partial charge in [-0.15, -0.1) is 0 Å². The quantitative estimate of drug-likeness (QED) is 0.795. The van der Waals surface area contributed by atoms with E-state index in [4.69, 9.17) is 22.4 Å². The molecule has 0 fully saturated rings. The van der Waals surface area contributed by atoms with E-state index in [0.717, 1.165) is 12.1 Å². The van der Waals surface area contributed by atoms with E-state index in [0.29, 0.717) is 10.7 Å². The molecule has 1 aromatic heterocycles. The minimum absolute atomic E-state index is 0.192. The first-order valence-electron chi connectivity index (χ1n) is 4.66. The van der Waals surface area contributed by atoms with Gasteiger partial charge in [0.05, 0.1) is 16.4 Å². The van der Waals surface area contributed by atoms with Crippen LogP contribution in [0.2, 0.25) is 5.02 Å². The molecule has 0 aliphatic heterocycles. The number of nitrogens with two attached hydrogens (primary N) is 1. The summed E-state index contributed by atoms with van der Waals surface area (Å²) >= 11 is 6.05. The van der Waals surface area contributed by atoms with Crippen LogP contribution in [0.3, 0.4) is 0 Å². The highest BCUT2D eigenvalue weighted by Crippen LogP contribution is 2.21. The van der Waals surface area contributed by atoms with E-state index in [1.165, 1.54) is 0 Å². The summed E-state index contributed by atoms with van der Waals surface area (Å²) < 4.78 is 1.59. The van der Waals surface area contributed by atoms with Crippen LogP contribution < -0.4 is 5.73 Å². The Morgan fingerprint density at radius 1 is 1.73 bits per heavy atom. The number of aliphatic carboxylic acids is 1. The van der Waals surface area contributed by atoms with Crippen LogP contribution in [0.25, 0.3) is 0 Å². The third-order valence-electron chi connectivity index (χ3n) is 2.23. The molecule has 15 heavy (non-hydrogen) atoms. The number of hydrogen-bond acceptors (Lipinski definition) is 3. The SMILES string of the molecule is CCc1nn(C)c(C[C@H](N)C(=O)O)c1Cl. The molecule has 0 radical (unpaired) electrons. The topological polar surface area (TPSA) is 81.1 Å². The van der Waals surface area contributed by atoms with Gasteiger partial charge >= 0.3 is 5.97 Å². The Labute approximate surface area is 92.8 Å². The van der Waals surface area contributed by atoms with E-state index in [-0.39, 0.29) is 6.42 Å². The molecule has 0 spiro atoms. The van der Waals surface area contributed by atoms with Crippen LogP contribution in [0.5, 0.6) is 0 Å². The summed E-state index contributed by atoms with van der Waals surface area (Å²) in [5, 5.41) is 13.4. The number of hydrogen-bond donors (Lipinski definition) is 2. The lowest BCUT2D eigenvalue weighted by atomic mass is 10.1. The lowest BCUT2D eigenvalue weighted by Gasteiger charge is -2.06. The summed E-state index contributed by atoms with van der Waals surface area (Å²) in [6.07, 6.45) is 0.909. The van der Waals surface area contributed by atoms with Crippen LogP contribution in [-0.4, -0.2) is 26.9 Å². The van der Waals surface area contributed by atoms with Crippen molar-refractivity contribution in [1.82, 2.24) is 9.78 Å². The zero-order valence-electron chi connectivity index (χ0n) is 8.70. The van der Waals surface area contributed by atoms with Crippen molar-refractivity contribution in [3.63, 3.8) is 0 Å². The Morgan fingerprint density at radius 2 is 2.33 bits per heavy atom. The average Bonchev–Trinajstić information content (AvgIpc) is 2.44. The minimum atomic E-state index is -1.04. The van der Waals surface area contributed by atoms with Crippen LogP contribution in [-0.2, 0) is 24.7 Å². The Kier molecular flexibility index (Phi) is 3.71. The van der Waals surface area contributed by atoms with Crippen molar-refractivity contribution in [2.75, 3.05) is 0 Å². The monoisotopic (exact) mass is 231 g/mol. The van der Waals surface area contributed by atoms with Crippen molar-refractivity contribution >= 4 is 17.6 Å². The number of rotatable bonds is 4. The number of carbonyl (C=O) groups is 1. The van der Waals surface area contributed by atoms with Gasteiger partial charge in [-0.05, 0) is 6.42 Å². The largest absolute Gasteiger partial charge is 0.480 e. The highest BCUT2D eigenvalue weighted by Gasteiger charge is 2.19. The number of carboxylic acids is 1. The van der Waals surface area contributed by atoms with Crippen molar-refractivity contribution in [3.05, 3.63) is 16.4 Å². The van der Waals surface area contributed by atoms with Gasteiger partial charge in [-0.3, -0.25) is 9.48 Å². The maximum atomic E-state index is 10.6. The molecule has 6 heteroatoms. The molecule has 0 saturated carbocycles. The second-order valence-corrected chi connectivity index (χ2v) is 3.71. The van der Waals surface area contributed by atoms with Gasteiger partial charge in [0.25, 0.3) is 0 Å². The summed E-state index contributed by atoms with van der Waals surface area (Å²) in [6.45, 7) is 1.94. The fourth-order valence-electron chi connectivity index (χ4n) is 1.34. The van der Waals surface area contributed by atoms with Crippen LogP contribution in [0.4, 0.5) is 0 Å². The second kappa shape index (κ2) is 4.63. The van der Waals surface area contributed by atoms with E-state index in [1.807, 2.05) is 6.92 Å². The summed E-state index contributed by atoms with van der Waals surface area (Å²) in [4.78, 5) is 10.6. The molecular weight excluding hydrogens is 218 g/mol. The Balaban J connectivity index is 2.94. The third kappa shape index (κ3) is 2.49. The van der Waals surface area contributed by atoms with Gasteiger partial charge in [0.15, 0.2) is 0 Å². The smallest absolute Gasteiger partial charge is 0.320 e. The van der Waals surface area contributed by atoms with E-state index < -0.39 is 12.0 Å². The zero-order valence-corrected chi connectivity index (χ0v) is 9.45. The molecule has 0 aliphatic carbocycles. The molecule has 1 atom stereocenters. The van der Waals surface area contributed by atoms with E-state index in [1.54, 1.807) is 11.7 Å². The highest BCUT2D eigenvalue weighted by atomic mass is 35.5. The van der Waals surface area contributed by atoms with E-state index in [2.05, 4.69) is 5.10 Å². The molecule has 0 unspecified atom stereocenters. The van der Waals surface area contributed by atoms with Crippen LogP contribution in [0.1, 0.15) is 18.3 Å². The highest BCUT2D eigenvalue weighted by molar-refractivity contribution is 6.31. The normalized spacial score (nSPS) is 12.8. The van der Waals surface area contributed by atoms with Gasteiger partial charge in [-0.1, -0.05) is 18.5 Å². The lowest BCUT2D eigenvalue weighted by Crippen LogP contribution is -2.33. The van der Waals surface area contributed by atoms with E-state index >= 15 is 0 Å². The van der Waals surface area contributed by atoms with Crippen molar-refractivity contribution in [1.29, 1.82) is 0 Å². The fraction of sp³-hybridized carbons (Fsp3) is 0.556. The summed E-state index contributed by atoms with van der Waals surface area (Å²) in [5.74, 6) is -1.04. The van der Waals surface area contributed by atoms with Crippen molar-refractivity contribution in [3.8, 4) is 0 Å². The van der Waals surface area contributed by atoms with Crippen molar-refractivity contribution in [2.24, 2.45) is 12.8 Å². The number of carboxylic acid groups (broad SMARTS) is 1. The minimum Gasteiger partial charge on any atom is -0.480 e. The van der Waals surface area contributed by atoms with Gasteiger partial charge in [0.2, 0.25) is 0 Å². The standard InChI is InChI=1S/C9H14ClN3O2/c1-3-6-8(10)7(13(2)12-6)4-5(11)9(14)15/h5H,3-4,11H2,1-2H3,(H,14,15)/t5-/m0/s1. The molecule has 1 heterocycles. The first kappa shape index (κ1) is 12.0. The molecule has 0 aromatic carbocycles. The van der Waals surface area contributed by atoms with Gasteiger partial charge in [-0.25, -0.2) is 0 Å². The molecule has 0 bridgehead atoms. The Bertz CT molecular complexity index is 376. The fourth-order valence-corrected chi connectivity index (χ4v) is 1.71. The molecule has 1 aromatic rings. The van der Waals surface area contributed by atoms with Crippen LogP contribution in [0, 0.1) is 0 Å². The number of nitrogens with zero attached hydrogens (tertiary/aromatic N) is 2. The van der Waals surface area contributed by atoms with Gasteiger partial charge in [0, 0.05) is 13.5 Å². The van der Waals surface area contributed by atoms with Crippen LogP contribution in [0.15, 0.2) is 0 Å². The predicted molar refractivity (Wildman–Crippen MR) is 56.9 cm³/mol. The molecular formula is C9H14ClN3O2. The van der Waals surface area contributed by atoms with Crippen molar-refractivity contribution in [2.45, 2.75) is 25.8 Å². The first-order valence-corrected chi connectivity index (χ1v) is 5.03. The van der Waals surface area contributed by atoms with Gasteiger partial charge < -0.3 is 10.8 Å². The molecule has 1 rings (SSSR count). The maximum Gasteiger partial charge on any atom is 0.320 e. The van der Waals surface area contributed by atoms with Gasteiger partial charge in [0.1, 0.15) is 6.04 Å². The Morgan fingerprint density at radius 3 is 2.73 bits per heavy atom. The van der Waals surface area contributed by atoms with Gasteiger partial charge in [-0.2, -0.15) is 5.10 Å². The third-order valence-corrected chi connectivity index (χ3v) is 2.67. The van der Waals surface area contributed by atoms with Crippen LogP contribution >= 0.6 is 11.6 Å². The number of halogens is 1. The summed E-state index contributed by atoms with van der Waals surface area (Å²) in [6, 6.07) is -0.942. The number of aryl methyl sites for hydroxylation is 2. The maximum absolute atomic E-state index is 10.6. The predicted octanol–water partition coefficient (Wildman–Crippen LogP) is 0.590. The Hall–Kier alpha value is -1.07. The molecule has 0 saturated heterocycles. The number of aromatic nitrogens is 2. The summed E-state index contributed by atoms with van der Waals surface area (Å²) in [7, 11) is 1.73. The molecule has 5 nitrogen and oxygen atoms in total. The first-order chi connectivity index (χ1) is 6.97. The zero-order chi connectivity index (χ0) is 11.6. The molecule has 0 amide bonds. The summed E-state index contributed by atoms with van der Waals surface area (Å²) in [5.41, 5.74) is 6.88. The molecule has 3 N–H and O–H groups in total. The van der Waals surface area contributed by atoms with Crippen molar-refractivity contribution < 1.29 is 9.90 Å². The molecule has 0 aliphatic rings. The van der Waals surface area contributed by atoms with E-state index in [9.17, 15) is 4.79 Å². The second-order valence-electron chi connectivity index (χ2n) is 3.33. The molecule has 84 valence electrons. The average molecular weight is 232 g/mol.